The van der Waals surface area contributed by atoms with Crippen molar-refractivity contribution in [2.75, 3.05) is 11.3 Å². The Labute approximate surface area is 197 Å². The molecule has 0 aliphatic rings. The molecular formula is C23H24ClN3O3S2. The molecule has 0 aliphatic carbocycles. The van der Waals surface area contributed by atoms with Crippen molar-refractivity contribution in [3.63, 3.8) is 0 Å². The molecule has 2 N–H and O–H groups in total. The summed E-state index contributed by atoms with van der Waals surface area (Å²) in [5, 5.41) is 6.34. The molecule has 0 unspecified atom stereocenters. The lowest BCUT2D eigenvalue weighted by molar-refractivity contribution is -0.116. The summed E-state index contributed by atoms with van der Waals surface area (Å²) in [7, 11) is -3.76. The first-order chi connectivity index (χ1) is 15.3. The third-order valence-corrected chi connectivity index (χ3v) is 7.26. The first kappa shape index (κ1) is 24.0. The third-order valence-electron chi connectivity index (χ3n) is 4.52. The van der Waals surface area contributed by atoms with Gasteiger partial charge in [0, 0.05) is 23.7 Å². The number of halogens is 1. The Hall–Kier alpha value is -2.68. The van der Waals surface area contributed by atoms with E-state index in [0.717, 1.165) is 35.5 Å². The minimum Gasteiger partial charge on any atom is -0.353 e. The summed E-state index contributed by atoms with van der Waals surface area (Å²) in [5.74, 6) is -0.188. The van der Waals surface area contributed by atoms with E-state index in [9.17, 15) is 13.2 Å². The van der Waals surface area contributed by atoms with E-state index < -0.39 is 10.0 Å². The quantitative estimate of drug-likeness (QED) is 0.308. The van der Waals surface area contributed by atoms with E-state index in [1.165, 1.54) is 18.2 Å². The number of nitrogens with one attached hydrogen (secondary N) is 2. The van der Waals surface area contributed by atoms with E-state index in [0.29, 0.717) is 17.3 Å². The maximum atomic E-state index is 12.5. The largest absolute Gasteiger partial charge is 0.353 e. The number of aryl methyl sites for hydroxylation is 2. The van der Waals surface area contributed by atoms with Crippen molar-refractivity contribution in [3.8, 4) is 0 Å². The maximum Gasteiger partial charge on any atom is 0.261 e. The van der Waals surface area contributed by atoms with Crippen molar-refractivity contribution in [3.05, 3.63) is 81.3 Å². The Bertz CT molecular complexity index is 1190. The average Bonchev–Trinajstić information content (AvgIpc) is 3.19. The zero-order valence-electron chi connectivity index (χ0n) is 17.5. The number of carbonyl (C=O) groups is 1. The number of para-hydroxylation sites is 1. The molecule has 168 valence electrons. The number of hydrogen-bond acceptors (Lipinski definition) is 5. The molecule has 0 saturated carbocycles. The molecule has 9 heteroatoms. The number of amides is 1. The molecule has 0 bridgehead atoms. The molecule has 6 nitrogen and oxygen atoms in total. The smallest absolute Gasteiger partial charge is 0.261 e. The highest BCUT2D eigenvalue weighted by atomic mass is 35.5. The number of aromatic nitrogens is 1. The monoisotopic (exact) mass is 489 g/mol. The molecule has 0 atom stereocenters. The fourth-order valence-corrected chi connectivity index (χ4v) is 5.00. The highest BCUT2D eigenvalue weighted by Gasteiger charge is 2.15. The van der Waals surface area contributed by atoms with Gasteiger partial charge in [-0.2, -0.15) is 0 Å². The van der Waals surface area contributed by atoms with E-state index in [4.69, 9.17) is 11.6 Å². The summed E-state index contributed by atoms with van der Waals surface area (Å²) in [6.07, 6.45) is 5.85. The zero-order valence-corrected chi connectivity index (χ0v) is 19.9. The molecule has 1 amide bonds. The van der Waals surface area contributed by atoms with Crippen molar-refractivity contribution in [1.82, 2.24) is 10.3 Å². The average molecular weight is 490 g/mol. The van der Waals surface area contributed by atoms with Crippen LogP contribution in [0, 0.1) is 6.92 Å². The number of hydrogen-bond donors (Lipinski definition) is 2. The molecule has 1 heterocycles. The summed E-state index contributed by atoms with van der Waals surface area (Å²) in [6.45, 7) is 2.58. The SMILES string of the molecule is Cc1csc(CCCCNC(=O)/C=C/c2ccc(S(=O)(=O)Nc3ccccc3Cl)cc2)n1. The van der Waals surface area contributed by atoms with Crippen molar-refractivity contribution in [2.24, 2.45) is 0 Å². The number of sulfonamides is 1. The van der Waals surface area contributed by atoms with Gasteiger partial charge in [0.15, 0.2) is 0 Å². The molecule has 32 heavy (non-hydrogen) atoms. The molecule has 0 fully saturated rings. The van der Waals surface area contributed by atoms with Crippen LogP contribution in [0.15, 0.2) is 64.9 Å². The molecule has 0 spiro atoms. The molecule has 2 aromatic carbocycles. The van der Waals surface area contributed by atoms with Crippen LogP contribution in [-0.4, -0.2) is 25.9 Å². The summed E-state index contributed by atoms with van der Waals surface area (Å²) in [5.41, 5.74) is 2.08. The molecular weight excluding hydrogens is 466 g/mol. The van der Waals surface area contributed by atoms with Gasteiger partial charge in [0.05, 0.1) is 20.6 Å². The van der Waals surface area contributed by atoms with Crippen LogP contribution < -0.4 is 10.0 Å². The molecule has 0 aliphatic heterocycles. The summed E-state index contributed by atoms with van der Waals surface area (Å²) in [6, 6.07) is 12.9. The highest BCUT2D eigenvalue weighted by Crippen LogP contribution is 2.24. The van der Waals surface area contributed by atoms with Gasteiger partial charge in [-0.25, -0.2) is 13.4 Å². The molecule has 0 saturated heterocycles. The second-order valence-electron chi connectivity index (χ2n) is 7.12. The van der Waals surface area contributed by atoms with Crippen LogP contribution >= 0.6 is 22.9 Å². The zero-order chi connectivity index (χ0) is 23.0. The van der Waals surface area contributed by atoms with Gasteiger partial charge in [-0.1, -0.05) is 35.9 Å². The Kier molecular flexibility index (Phi) is 8.44. The van der Waals surface area contributed by atoms with E-state index in [1.54, 1.807) is 53.8 Å². The molecule has 0 radical (unpaired) electrons. The Morgan fingerprint density at radius 2 is 1.88 bits per heavy atom. The summed E-state index contributed by atoms with van der Waals surface area (Å²) < 4.78 is 27.6. The van der Waals surface area contributed by atoms with Gasteiger partial charge in [0.25, 0.3) is 10.0 Å². The van der Waals surface area contributed by atoms with Crippen molar-refractivity contribution in [1.29, 1.82) is 0 Å². The van der Waals surface area contributed by atoms with Crippen molar-refractivity contribution < 1.29 is 13.2 Å². The number of thiazole rings is 1. The number of nitrogens with zero attached hydrogens (tertiary/aromatic N) is 1. The lowest BCUT2D eigenvalue weighted by Crippen LogP contribution is -2.22. The standard InChI is InChI=1S/C23H24ClN3O3S2/c1-17-16-31-23(26-17)8-4-5-15-25-22(28)14-11-18-9-12-19(13-10-18)32(29,30)27-21-7-3-2-6-20(21)24/h2-3,6-7,9-14,16,27H,4-5,8,15H2,1H3,(H,25,28)/b14-11+. The first-order valence-corrected chi connectivity index (χ1v) is 12.8. The van der Waals surface area contributed by atoms with Crippen LogP contribution in [0.2, 0.25) is 5.02 Å². The lowest BCUT2D eigenvalue weighted by atomic mass is 10.2. The molecule has 1 aromatic heterocycles. The molecule has 3 aromatic rings. The number of unbranched alkanes of at least 4 members (excludes halogenated alkanes) is 1. The second kappa shape index (κ2) is 11.3. The Morgan fingerprint density at radius 1 is 1.12 bits per heavy atom. The van der Waals surface area contributed by atoms with E-state index in [1.807, 2.05) is 12.3 Å². The van der Waals surface area contributed by atoms with Crippen LogP contribution in [0.25, 0.3) is 6.08 Å². The predicted octanol–water partition coefficient (Wildman–Crippen LogP) is 5.06. The fourth-order valence-electron chi connectivity index (χ4n) is 2.87. The topological polar surface area (TPSA) is 88.2 Å². The summed E-state index contributed by atoms with van der Waals surface area (Å²) in [4.78, 5) is 16.5. The number of rotatable bonds is 10. The van der Waals surface area contributed by atoms with Gasteiger partial charge in [0.2, 0.25) is 5.91 Å². The van der Waals surface area contributed by atoms with Gasteiger partial charge in [0.1, 0.15) is 0 Å². The van der Waals surface area contributed by atoms with Crippen LogP contribution in [-0.2, 0) is 21.2 Å². The minimum atomic E-state index is -3.76. The third kappa shape index (κ3) is 7.19. The van der Waals surface area contributed by atoms with Gasteiger partial charge in [-0.05, 0) is 62.1 Å². The van der Waals surface area contributed by atoms with Crippen molar-refractivity contribution >= 4 is 50.6 Å². The van der Waals surface area contributed by atoms with E-state index >= 15 is 0 Å². The van der Waals surface area contributed by atoms with Gasteiger partial charge < -0.3 is 5.32 Å². The predicted molar refractivity (Wildman–Crippen MR) is 131 cm³/mol. The Balaban J connectivity index is 1.45. The normalized spacial score (nSPS) is 11.6. The van der Waals surface area contributed by atoms with Crippen LogP contribution in [0.1, 0.15) is 29.1 Å². The fraction of sp³-hybridized carbons (Fsp3) is 0.217. The van der Waals surface area contributed by atoms with Crippen LogP contribution in [0.3, 0.4) is 0 Å². The summed E-state index contributed by atoms with van der Waals surface area (Å²) >= 11 is 7.69. The highest BCUT2D eigenvalue weighted by molar-refractivity contribution is 7.92. The minimum absolute atomic E-state index is 0.106. The first-order valence-electron chi connectivity index (χ1n) is 10.1. The number of carbonyl (C=O) groups excluding carboxylic acids is 1. The number of anilines is 1. The van der Waals surface area contributed by atoms with Crippen molar-refractivity contribution in [2.45, 2.75) is 31.1 Å². The maximum absolute atomic E-state index is 12.5. The van der Waals surface area contributed by atoms with Crippen LogP contribution in [0.4, 0.5) is 5.69 Å². The molecule has 3 rings (SSSR count). The van der Waals surface area contributed by atoms with E-state index in [-0.39, 0.29) is 10.8 Å². The van der Waals surface area contributed by atoms with Gasteiger partial charge in [-0.3, -0.25) is 9.52 Å². The van der Waals surface area contributed by atoms with Gasteiger partial charge >= 0.3 is 0 Å². The Morgan fingerprint density at radius 3 is 2.56 bits per heavy atom. The van der Waals surface area contributed by atoms with Crippen LogP contribution in [0.5, 0.6) is 0 Å². The second-order valence-corrected chi connectivity index (χ2v) is 10.2. The van der Waals surface area contributed by atoms with E-state index in [2.05, 4.69) is 15.0 Å². The van der Waals surface area contributed by atoms with Gasteiger partial charge in [-0.15, -0.1) is 11.3 Å². The lowest BCUT2D eigenvalue weighted by Gasteiger charge is -2.09. The number of benzene rings is 2.